The molecule has 2 aromatic rings. The van der Waals surface area contributed by atoms with Gasteiger partial charge in [-0.15, -0.1) is 0 Å². The summed E-state index contributed by atoms with van der Waals surface area (Å²) >= 11 is 0. The van der Waals surface area contributed by atoms with Crippen LogP contribution in [0.2, 0.25) is 0 Å². The number of hydrogen-bond acceptors (Lipinski definition) is 7. The van der Waals surface area contributed by atoms with Crippen LogP contribution >= 0.6 is 0 Å². The summed E-state index contributed by atoms with van der Waals surface area (Å²) < 4.78 is 37.8. The number of morpholine rings is 1. The molecule has 1 aliphatic rings. The fourth-order valence-electron chi connectivity index (χ4n) is 2.89. The van der Waals surface area contributed by atoms with Crippen molar-refractivity contribution < 1.29 is 22.8 Å². The predicted octanol–water partition coefficient (Wildman–Crippen LogP) is 2.24. The van der Waals surface area contributed by atoms with Gasteiger partial charge in [0.15, 0.2) is 0 Å². The van der Waals surface area contributed by atoms with E-state index in [-0.39, 0.29) is 23.7 Å². The molecule has 0 unspecified atom stereocenters. The Hall–Kier alpha value is -2.69. The van der Waals surface area contributed by atoms with Crippen LogP contribution in [0.1, 0.15) is 5.56 Å². The third-order valence-corrected chi connectivity index (χ3v) is 6.32. The van der Waals surface area contributed by atoms with Gasteiger partial charge in [-0.3, -0.25) is 10.1 Å². The van der Waals surface area contributed by atoms with E-state index in [2.05, 4.69) is 5.32 Å². The van der Waals surface area contributed by atoms with Gasteiger partial charge in [-0.1, -0.05) is 12.1 Å². The molecule has 1 N–H and O–H groups in total. The van der Waals surface area contributed by atoms with Gasteiger partial charge in [-0.05, 0) is 23.8 Å². The van der Waals surface area contributed by atoms with Crippen LogP contribution in [0.3, 0.4) is 0 Å². The lowest BCUT2D eigenvalue weighted by molar-refractivity contribution is -0.385. The third kappa shape index (κ3) is 4.41. The van der Waals surface area contributed by atoms with E-state index in [1.807, 2.05) is 24.3 Å². The van der Waals surface area contributed by atoms with E-state index in [0.29, 0.717) is 31.2 Å². The monoisotopic (exact) mass is 407 g/mol. The highest BCUT2D eigenvalue weighted by Gasteiger charge is 2.30. The highest BCUT2D eigenvalue weighted by molar-refractivity contribution is 7.89. The Balaban J connectivity index is 1.92. The number of benzene rings is 2. The molecule has 10 heteroatoms. The predicted molar refractivity (Wildman–Crippen MR) is 103 cm³/mol. The molecule has 0 bridgehead atoms. The largest absolute Gasteiger partial charge is 0.497 e. The number of nitro groups is 1. The first kappa shape index (κ1) is 20.1. The molecule has 9 nitrogen and oxygen atoms in total. The van der Waals surface area contributed by atoms with E-state index >= 15 is 0 Å². The molecule has 1 fully saturated rings. The van der Waals surface area contributed by atoms with Gasteiger partial charge in [-0.2, -0.15) is 4.31 Å². The summed E-state index contributed by atoms with van der Waals surface area (Å²) in [6.45, 7) is 1.34. The van der Waals surface area contributed by atoms with Crippen molar-refractivity contribution in [1.29, 1.82) is 0 Å². The van der Waals surface area contributed by atoms with E-state index in [0.717, 1.165) is 11.6 Å². The molecule has 1 saturated heterocycles. The van der Waals surface area contributed by atoms with Crippen LogP contribution in [-0.4, -0.2) is 51.1 Å². The lowest BCUT2D eigenvalue weighted by Gasteiger charge is -2.27. The van der Waals surface area contributed by atoms with Gasteiger partial charge in [0.25, 0.3) is 5.69 Å². The van der Waals surface area contributed by atoms with Crippen molar-refractivity contribution in [2.45, 2.75) is 11.4 Å². The molecule has 0 atom stereocenters. The average molecular weight is 407 g/mol. The molecule has 0 radical (unpaired) electrons. The van der Waals surface area contributed by atoms with Crippen LogP contribution in [-0.2, 0) is 21.3 Å². The Morgan fingerprint density at radius 1 is 1.21 bits per heavy atom. The van der Waals surface area contributed by atoms with Crippen LogP contribution in [0.25, 0.3) is 0 Å². The van der Waals surface area contributed by atoms with Crippen LogP contribution < -0.4 is 10.1 Å². The zero-order chi connectivity index (χ0) is 20.1. The maximum absolute atomic E-state index is 13.1. The Labute approximate surface area is 163 Å². The molecule has 150 valence electrons. The van der Waals surface area contributed by atoms with E-state index in [1.165, 1.54) is 16.4 Å². The minimum absolute atomic E-state index is 0.119. The van der Waals surface area contributed by atoms with Crippen molar-refractivity contribution in [3.05, 3.63) is 58.1 Å². The van der Waals surface area contributed by atoms with Gasteiger partial charge >= 0.3 is 0 Å². The van der Waals surface area contributed by atoms with Crippen LogP contribution in [0, 0.1) is 10.1 Å². The fourth-order valence-corrected chi connectivity index (χ4v) is 4.49. The third-order valence-electron chi connectivity index (χ3n) is 4.38. The second kappa shape index (κ2) is 8.55. The van der Waals surface area contributed by atoms with Gasteiger partial charge in [0.05, 0.1) is 30.9 Å². The number of anilines is 1. The average Bonchev–Trinajstić information content (AvgIpc) is 2.72. The molecule has 0 saturated carbocycles. The SMILES string of the molecule is COc1cccc(CNc2ccc([N+](=O)[O-])cc2S(=O)(=O)N2CCOCC2)c1. The van der Waals surface area contributed by atoms with Gasteiger partial charge < -0.3 is 14.8 Å². The topological polar surface area (TPSA) is 111 Å². The molecule has 2 aromatic carbocycles. The first-order chi connectivity index (χ1) is 13.4. The first-order valence-corrected chi connectivity index (χ1v) is 10.1. The lowest BCUT2D eigenvalue weighted by Crippen LogP contribution is -2.40. The van der Waals surface area contributed by atoms with Gasteiger partial charge in [0.2, 0.25) is 10.0 Å². The number of nitro benzene ring substituents is 1. The number of hydrogen-bond donors (Lipinski definition) is 1. The van der Waals surface area contributed by atoms with Crippen molar-refractivity contribution in [2.75, 3.05) is 38.7 Å². The molecule has 1 heterocycles. The Morgan fingerprint density at radius 3 is 2.64 bits per heavy atom. The molecule has 28 heavy (non-hydrogen) atoms. The van der Waals surface area contributed by atoms with Crippen LogP contribution in [0.4, 0.5) is 11.4 Å². The van der Waals surface area contributed by atoms with Crippen LogP contribution in [0.5, 0.6) is 5.75 Å². The first-order valence-electron chi connectivity index (χ1n) is 8.65. The van der Waals surface area contributed by atoms with Crippen LogP contribution in [0.15, 0.2) is 47.4 Å². The van der Waals surface area contributed by atoms with Gasteiger partial charge in [-0.25, -0.2) is 8.42 Å². The van der Waals surface area contributed by atoms with Crippen molar-refractivity contribution in [2.24, 2.45) is 0 Å². The number of rotatable bonds is 7. The zero-order valence-electron chi connectivity index (χ0n) is 15.3. The molecular formula is C18H21N3O6S. The Morgan fingerprint density at radius 2 is 1.96 bits per heavy atom. The Bertz CT molecular complexity index is 958. The number of sulfonamides is 1. The van der Waals surface area contributed by atoms with Crippen molar-refractivity contribution in [1.82, 2.24) is 4.31 Å². The summed E-state index contributed by atoms with van der Waals surface area (Å²) in [6.07, 6.45) is 0. The molecule has 1 aliphatic heterocycles. The molecule has 0 aromatic heterocycles. The highest BCUT2D eigenvalue weighted by Crippen LogP contribution is 2.30. The molecule has 0 spiro atoms. The van der Waals surface area contributed by atoms with E-state index in [1.54, 1.807) is 7.11 Å². The summed E-state index contributed by atoms with van der Waals surface area (Å²) in [5.41, 5.74) is 0.908. The van der Waals surface area contributed by atoms with Gasteiger partial charge in [0, 0.05) is 31.8 Å². The molecule has 0 amide bonds. The second-order valence-corrected chi connectivity index (χ2v) is 8.07. The Kier molecular flexibility index (Phi) is 6.12. The second-order valence-electron chi connectivity index (χ2n) is 6.16. The number of methoxy groups -OCH3 is 1. The van der Waals surface area contributed by atoms with Crippen molar-refractivity contribution in [3.8, 4) is 5.75 Å². The van der Waals surface area contributed by atoms with Crippen molar-refractivity contribution >= 4 is 21.4 Å². The summed E-state index contributed by atoms with van der Waals surface area (Å²) in [5.74, 6) is 0.684. The summed E-state index contributed by atoms with van der Waals surface area (Å²) in [6, 6.07) is 11.1. The minimum atomic E-state index is -3.90. The van der Waals surface area contributed by atoms with E-state index in [4.69, 9.17) is 9.47 Å². The number of nitrogens with zero attached hydrogens (tertiary/aromatic N) is 2. The molecule has 3 rings (SSSR count). The number of ether oxygens (including phenoxy) is 2. The normalized spacial score (nSPS) is 15.2. The number of nitrogens with one attached hydrogen (secondary N) is 1. The number of non-ortho nitro benzene ring substituents is 1. The molecular weight excluding hydrogens is 386 g/mol. The van der Waals surface area contributed by atoms with E-state index in [9.17, 15) is 18.5 Å². The van der Waals surface area contributed by atoms with Crippen molar-refractivity contribution in [3.63, 3.8) is 0 Å². The zero-order valence-corrected chi connectivity index (χ0v) is 16.1. The fraction of sp³-hybridized carbons (Fsp3) is 0.333. The molecule has 0 aliphatic carbocycles. The maximum atomic E-state index is 13.1. The van der Waals surface area contributed by atoms with E-state index < -0.39 is 14.9 Å². The lowest BCUT2D eigenvalue weighted by atomic mass is 10.2. The minimum Gasteiger partial charge on any atom is -0.497 e. The summed E-state index contributed by atoms with van der Waals surface area (Å²) in [7, 11) is -2.34. The summed E-state index contributed by atoms with van der Waals surface area (Å²) in [5, 5.41) is 14.2. The van der Waals surface area contributed by atoms with Gasteiger partial charge in [0.1, 0.15) is 10.6 Å². The quantitative estimate of drug-likeness (QED) is 0.553. The standard InChI is InChI=1S/C18H21N3O6S/c1-26-16-4-2-3-14(11-16)13-19-17-6-5-15(21(22)23)12-18(17)28(24,25)20-7-9-27-10-8-20/h2-6,11-12,19H,7-10,13H2,1H3. The smallest absolute Gasteiger partial charge is 0.270 e. The highest BCUT2D eigenvalue weighted by atomic mass is 32.2. The summed E-state index contributed by atoms with van der Waals surface area (Å²) in [4.78, 5) is 10.4. The maximum Gasteiger partial charge on any atom is 0.270 e.